The zero-order valence-corrected chi connectivity index (χ0v) is 18.1. The van der Waals surface area contributed by atoms with E-state index in [2.05, 4.69) is 6.07 Å². The molecule has 130 valence electrons. The van der Waals surface area contributed by atoms with Crippen LogP contribution in [0.5, 0.6) is 0 Å². The molecule has 2 aliphatic rings. The fourth-order valence-electron chi connectivity index (χ4n) is 4.09. The van der Waals surface area contributed by atoms with Gasteiger partial charge >= 0.3 is 51.4 Å². The first kappa shape index (κ1) is 20.2. The summed E-state index contributed by atoms with van der Waals surface area (Å²) in [5.74, 6) is -2.44. The first-order valence-electron chi connectivity index (χ1n) is 8.33. The van der Waals surface area contributed by atoms with Crippen LogP contribution in [0.3, 0.4) is 0 Å². The van der Waals surface area contributed by atoms with Crippen LogP contribution in [0, 0.1) is 17.2 Å². The van der Waals surface area contributed by atoms with Crippen molar-refractivity contribution in [3.8, 4) is 6.07 Å². The summed E-state index contributed by atoms with van der Waals surface area (Å²) in [6.07, 6.45) is -0.536. The molecule has 0 aliphatic carbocycles. The third-order valence-electron chi connectivity index (χ3n) is 5.25. The number of hydrogen-bond acceptors (Lipinski definition) is 5. The smallest absolute Gasteiger partial charge is 0.543 e. The summed E-state index contributed by atoms with van der Waals surface area (Å²) in [6.45, 7) is 1.53. The number of nitriles is 1. The van der Waals surface area contributed by atoms with Crippen LogP contribution >= 0.6 is 0 Å². The van der Waals surface area contributed by atoms with E-state index in [1.54, 1.807) is 6.07 Å². The van der Waals surface area contributed by atoms with Gasteiger partial charge in [-0.1, -0.05) is 24.3 Å². The Kier molecular flexibility index (Phi) is 5.59. The second-order valence-electron chi connectivity index (χ2n) is 6.72. The quantitative estimate of drug-likeness (QED) is 0.476. The zero-order valence-electron chi connectivity index (χ0n) is 15.0. The van der Waals surface area contributed by atoms with Crippen molar-refractivity contribution < 1.29 is 71.2 Å². The largest absolute Gasteiger partial charge is 1.00 e. The number of hydrogen-bond donors (Lipinski definition) is 1. The van der Waals surface area contributed by atoms with Crippen molar-refractivity contribution >= 4 is 28.2 Å². The molecule has 1 amide bonds. The molecule has 3 atom stereocenters. The van der Waals surface area contributed by atoms with Gasteiger partial charge in [-0.05, 0) is 47.4 Å². The molecule has 0 unspecified atom stereocenters. The normalized spacial score (nSPS) is 22.0. The Morgan fingerprint density at radius 3 is 2.70 bits per heavy atom. The maximum Gasteiger partial charge on any atom is 1.00 e. The van der Waals surface area contributed by atoms with E-state index in [1.807, 2.05) is 30.3 Å². The second kappa shape index (κ2) is 7.47. The third kappa shape index (κ3) is 3.07. The van der Waals surface area contributed by atoms with E-state index in [0.29, 0.717) is 23.1 Å². The van der Waals surface area contributed by atoms with Crippen molar-refractivity contribution in [2.75, 3.05) is 0 Å². The fraction of sp³-hybridized carbons (Fsp3) is 0.250. The van der Waals surface area contributed by atoms with Gasteiger partial charge in [0.05, 0.1) is 41.4 Å². The molecule has 0 aromatic heterocycles. The van der Waals surface area contributed by atoms with Gasteiger partial charge in [0.2, 0.25) is 5.91 Å². The molecule has 0 radical (unpaired) electrons. The van der Waals surface area contributed by atoms with E-state index >= 15 is 0 Å². The molecular weight excluding hydrogens is 371 g/mol. The van der Waals surface area contributed by atoms with E-state index in [1.165, 1.54) is 11.8 Å². The van der Waals surface area contributed by atoms with E-state index < -0.39 is 23.9 Å². The van der Waals surface area contributed by atoms with Crippen LogP contribution in [0.2, 0.25) is 0 Å². The van der Waals surface area contributed by atoms with E-state index in [-0.39, 0.29) is 63.1 Å². The summed E-state index contributed by atoms with van der Waals surface area (Å²) in [5, 5.41) is 32.6. The minimum absolute atomic E-state index is 0. The molecule has 2 aliphatic heterocycles. The van der Waals surface area contributed by atoms with Crippen LogP contribution in [-0.2, 0) is 9.59 Å². The number of amides is 1. The molecule has 7 heteroatoms. The Bertz CT molecular complexity index is 1040. The number of rotatable bonds is 3. The van der Waals surface area contributed by atoms with E-state index in [9.17, 15) is 25.1 Å². The number of carbonyl (C=O) groups excluding carboxylic acids is 2. The van der Waals surface area contributed by atoms with Crippen LogP contribution in [0.15, 0.2) is 42.1 Å². The predicted molar refractivity (Wildman–Crippen MR) is 91.0 cm³/mol. The predicted octanol–water partition coefficient (Wildman–Crippen LogP) is -2.21. The molecule has 1 N–H and O–H groups in total. The van der Waals surface area contributed by atoms with Gasteiger partial charge in [0.15, 0.2) is 0 Å². The van der Waals surface area contributed by atoms with Crippen molar-refractivity contribution in [2.24, 2.45) is 5.92 Å². The van der Waals surface area contributed by atoms with Gasteiger partial charge in [-0.15, -0.1) is 0 Å². The fourth-order valence-corrected chi connectivity index (χ4v) is 4.09. The Morgan fingerprint density at radius 1 is 1.37 bits per heavy atom. The van der Waals surface area contributed by atoms with Gasteiger partial charge in [-0.3, -0.25) is 4.79 Å². The average molecular weight is 386 g/mol. The van der Waals surface area contributed by atoms with Gasteiger partial charge in [0.1, 0.15) is 0 Å². The monoisotopic (exact) mass is 386 g/mol. The molecule has 2 heterocycles. The Labute approximate surface area is 198 Å². The van der Waals surface area contributed by atoms with Crippen molar-refractivity contribution in [3.63, 3.8) is 0 Å². The number of aliphatic hydroxyl groups excluding tert-OH is 1. The number of β-lactam (4-membered cyclic amide) rings is 1. The van der Waals surface area contributed by atoms with Gasteiger partial charge in [-0.25, -0.2) is 0 Å². The summed E-state index contributed by atoms with van der Waals surface area (Å²) in [7, 11) is 0. The molecule has 2 aromatic rings. The van der Waals surface area contributed by atoms with E-state index in [0.717, 1.165) is 10.8 Å². The van der Waals surface area contributed by atoms with Gasteiger partial charge in [0, 0.05) is 0 Å². The molecule has 4 rings (SSSR count). The zero-order chi connectivity index (χ0) is 18.6. The molecular formula is C20H15KN2O4. The Hall–Kier alpha value is -1.53. The van der Waals surface area contributed by atoms with E-state index in [4.69, 9.17) is 0 Å². The summed E-state index contributed by atoms with van der Waals surface area (Å²) >= 11 is 0. The summed E-state index contributed by atoms with van der Waals surface area (Å²) in [4.78, 5) is 25.2. The number of carbonyl (C=O) groups is 2. The van der Waals surface area contributed by atoms with Crippen molar-refractivity contribution in [3.05, 3.63) is 53.2 Å². The Balaban J connectivity index is 0.00000210. The van der Waals surface area contributed by atoms with Crippen molar-refractivity contribution in [2.45, 2.75) is 25.5 Å². The molecule has 0 saturated carbocycles. The van der Waals surface area contributed by atoms with Gasteiger partial charge in [0.25, 0.3) is 0 Å². The Morgan fingerprint density at radius 2 is 2.07 bits per heavy atom. The molecule has 0 bridgehead atoms. The van der Waals surface area contributed by atoms with Gasteiger partial charge < -0.3 is 19.9 Å². The minimum atomic E-state index is -1.42. The van der Waals surface area contributed by atoms with Crippen molar-refractivity contribution in [1.82, 2.24) is 4.90 Å². The number of aliphatic carboxylic acids is 1. The summed E-state index contributed by atoms with van der Waals surface area (Å²) in [6, 6.07) is 12.6. The molecule has 6 nitrogen and oxygen atoms in total. The average Bonchev–Trinajstić information content (AvgIpc) is 2.95. The van der Waals surface area contributed by atoms with Crippen LogP contribution in [0.25, 0.3) is 16.3 Å². The number of carboxylic acid groups (broad SMARTS) is 1. The number of aliphatic hydroxyl groups is 1. The van der Waals surface area contributed by atoms with Crippen LogP contribution in [0.4, 0.5) is 0 Å². The van der Waals surface area contributed by atoms with Crippen LogP contribution in [-0.4, -0.2) is 34.0 Å². The SMILES string of the molecule is C[C@@H](O)[C@H]1C(=O)N2C(C(=O)[O-])=C(c3cc(C#N)c4ccccc4c3)C[C@H]12.[K+]. The minimum Gasteiger partial charge on any atom is -0.543 e. The third-order valence-corrected chi connectivity index (χ3v) is 5.25. The molecule has 0 spiro atoms. The standard InChI is InChI=1S/C20H16N2O4.K/c1-10(23)17-16-8-15(18(20(25)26)22(16)19(17)24)12-6-11-4-2-3-5-14(11)13(7-12)9-21;/h2-7,10,16-17,23H,8H2,1H3,(H,25,26);/q;+1/p-1/t10-,16-,17-;/m1./s1. The molecule has 1 saturated heterocycles. The first-order chi connectivity index (χ1) is 12.4. The van der Waals surface area contributed by atoms with Crippen LogP contribution < -0.4 is 56.5 Å². The molecule has 2 aromatic carbocycles. The number of nitrogens with zero attached hydrogens (tertiary/aromatic N) is 2. The second-order valence-corrected chi connectivity index (χ2v) is 6.72. The number of carboxylic acids is 1. The molecule has 1 fully saturated rings. The maximum absolute atomic E-state index is 12.3. The molecule has 27 heavy (non-hydrogen) atoms. The topological polar surface area (TPSA) is 104 Å². The van der Waals surface area contributed by atoms with Crippen LogP contribution in [0.1, 0.15) is 24.5 Å². The number of benzene rings is 2. The summed E-state index contributed by atoms with van der Waals surface area (Å²) < 4.78 is 0. The first-order valence-corrected chi connectivity index (χ1v) is 8.33. The number of fused-ring (bicyclic) bond motifs is 2. The van der Waals surface area contributed by atoms with Gasteiger partial charge in [-0.2, -0.15) is 5.26 Å². The maximum atomic E-state index is 12.3. The summed E-state index contributed by atoms with van der Waals surface area (Å²) in [5.41, 5.74) is 1.34. The van der Waals surface area contributed by atoms with Crippen molar-refractivity contribution in [1.29, 1.82) is 5.26 Å².